The Morgan fingerprint density at radius 2 is 2.16 bits per heavy atom. The molecular formula is C12H14ClFN2O3. The maximum absolute atomic E-state index is 12.9. The van der Waals surface area contributed by atoms with Gasteiger partial charge in [-0.25, -0.2) is 4.39 Å². The minimum Gasteiger partial charge on any atom is -0.481 e. The predicted octanol–water partition coefficient (Wildman–Crippen LogP) is 1.29. The van der Waals surface area contributed by atoms with Crippen LogP contribution in [0, 0.1) is 5.82 Å². The van der Waals surface area contributed by atoms with Gasteiger partial charge in [-0.3, -0.25) is 9.59 Å². The maximum atomic E-state index is 12.9. The molecule has 0 aliphatic heterocycles. The zero-order valence-corrected chi connectivity index (χ0v) is 10.8. The number of carboxylic acid groups (broad SMARTS) is 1. The molecular weight excluding hydrogens is 275 g/mol. The molecule has 0 aliphatic rings. The van der Waals surface area contributed by atoms with E-state index in [4.69, 9.17) is 22.4 Å². The minimum atomic E-state index is -1.01. The van der Waals surface area contributed by atoms with Crippen molar-refractivity contribution >= 4 is 23.5 Å². The van der Waals surface area contributed by atoms with E-state index in [1.54, 1.807) is 0 Å². The third-order valence-electron chi connectivity index (χ3n) is 2.46. The van der Waals surface area contributed by atoms with Crippen molar-refractivity contribution in [2.24, 2.45) is 5.73 Å². The molecule has 0 aliphatic carbocycles. The Kier molecular flexibility index (Phi) is 5.72. The number of benzene rings is 1. The summed E-state index contributed by atoms with van der Waals surface area (Å²) in [6.45, 7) is 0.152. The van der Waals surface area contributed by atoms with E-state index in [2.05, 4.69) is 5.32 Å². The SMILES string of the molecule is NC(CCC(=O)O)C(=O)NCc1ccc(F)c(Cl)c1. The van der Waals surface area contributed by atoms with E-state index in [1.165, 1.54) is 18.2 Å². The molecule has 5 nitrogen and oxygen atoms in total. The molecule has 0 fully saturated rings. The highest BCUT2D eigenvalue weighted by Gasteiger charge is 2.14. The third-order valence-corrected chi connectivity index (χ3v) is 2.75. The van der Waals surface area contributed by atoms with Crippen LogP contribution in [0.5, 0.6) is 0 Å². The van der Waals surface area contributed by atoms with Crippen molar-refractivity contribution < 1.29 is 19.1 Å². The van der Waals surface area contributed by atoms with Crippen molar-refractivity contribution in [3.63, 3.8) is 0 Å². The lowest BCUT2D eigenvalue weighted by Gasteiger charge is -2.11. The first-order valence-corrected chi connectivity index (χ1v) is 5.97. The number of carbonyl (C=O) groups excluding carboxylic acids is 1. The van der Waals surface area contributed by atoms with Crippen LogP contribution in [0.3, 0.4) is 0 Å². The number of carboxylic acids is 1. The van der Waals surface area contributed by atoms with Crippen LogP contribution in [0.2, 0.25) is 5.02 Å². The van der Waals surface area contributed by atoms with Crippen LogP contribution in [0.1, 0.15) is 18.4 Å². The number of nitrogens with two attached hydrogens (primary N) is 1. The number of nitrogens with one attached hydrogen (secondary N) is 1. The second-order valence-corrected chi connectivity index (χ2v) is 4.41. The Bertz CT molecular complexity index is 482. The third kappa shape index (κ3) is 5.23. The Balaban J connectivity index is 2.44. The topological polar surface area (TPSA) is 92.4 Å². The van der Waals surface area contributed by atoms with Crippen molar-refractivity contribution in [3.05, 3.63) is 34.6 Å². The summed E-state index contributed by atoms with van der Waals surface area (Å²) in [5, 5.41) is 11.0. The molecule has 0 radical (unpaired) electrons. The van der Waals surface area contributed by atoms with E-state index in [-0.39, 0.29) is 24.4 Å². The molecule has 1 rings (SSSR count). The fourth-order valence-electron chi connectivity index (χ4n) is 1.38. The molecule has 0 spiro atoms. The van der Waals surface area contributed by atoms with Crippen molar-refractivity contribution in [2.75, 3.05) is 0 Å². The van der Waals surface area contributed by atoms with Crippen molar-refractivity contribution in [2.45, 2.75) is 25.4 Å². The lowest BCUT2D eigenvalue weighted by molar-refractivity contribution is -0.137. The molecule has 1 atom stereocenters. The summed E-state index contributed by atoms with van der Waals surface area (Å²) >= 11 is 5.60. The Hall–Kier alpha value is -1.66. The number of amides is 1. The molecule has 1 aromatic carbocycles. The van der Waals surface area contributed by atoms with Crippen LogP contribution < -0.4 is 11.1 Å². The maximum Gasteiger partial charge on any atom is 0.303 e. The minimum absolute atomic E-state index is 0.0260. The second kappa shape index (κ2) is 7.06. The first-order valence-electron chi connectivity index (χ1n) is 5.59. The molecule has 0 bridgehead atoms. The van der Waals surface area contributed by atoms with E-state index in [0.29, 0.717) is 5.56 Å². The summed E-state index contributed by atoms with van der Waals surface area (Å²) in [7, 11) is 0. The lowest BCUT2D eigenvalue weighted by atomic mass is 10.1. The first kappa shape index (κ1) is 15.4. The van der Waals surface area contributed by atoms with E-state index >= 15 is 0 Å². The smallest absolute Gasteiger partial charge is 0.303 e. The highest BCUT2D eigenvalue weighted by molar-refractivity contribution is 6.30. The van der Waals surface area contributed by atoms with Crippen molar-refractivity contribution in [1.29, 1.82) is 0 Å². The molecule has 0 heterocycles. The molecule has 1 amide bonds. The number of aliphatic carboxylic acids is 1. The Morgan fingerprint density at radius 3 is 2.74 bits per heavy atom. The van der Waals surface area contributed by atoms with Crippen LogP contribution >= 0.6 is 11.6 Å². The average molecular weight is 289 g/mol. The number of hydrogen-bond acceptors (Lipinski definition) is 3. The first-order chi connectivity index (χ1) is 8.90. The Labute approximate surface area is 114 Å². The zero-order valence-electron chi connectivity index (χ0n) is 10.0. The number of rotatable bonds is 6. The van der Waals surface area contributed by atoms with E-state index in [1.807, 2.05) is 0 Å². The molecule has 0 saturated heterocycles. The highest BCUT2D eigenvalue weighted by Crippen LogP contribution is 2.15. The largest absolute Gasteiger partial charge is 0.481 e. The second-order valence-electron chi connectivity index (χ2n) is 4.01. The van der Waals surface area contributed by atoms with Crippen molar-refractivity contribution in [3.8, 4) is 0 Å². The standard InChI is InChI=1S/C12H14ClFN2O3/c13-8-5-7(1-2-9(8)14)6-16-12(19)10(15)3-4-11(17)18/h1-2,5,10H,3-4,6,15H2,(H,16,19)(H,17,18). The Morgan fingerprint density at radius 1 is 1.47 bits per heavy atom. The fourth-order valence-corrected chi connectivity index (χ4v) is 1.58. The summed E-state index contributed by atoms with van der Waals surface area (Å²) in [4.78, 5) is 21.9. The molecule has 19 heavy (non-hydrogen) atoms. The lowest BCUT2D eigenvalue weighted by Crippen LogP contribution is -2.40. The van der Waals surface area contributed by atoms with Gasteiger partial charge in [-0.2, -0.15) is 0 Å². The summed E-state index contributed by atoms with van der Waals surface area (Å²) in [5.74, 6) is -2.00. The van der Waals surface area contributed by atoms with Crippen molar-refractivity contribution in [1.82, 2.24) is 5.32 Å². The quantitative estimate of drug-likeness (QED) is 0.735. The molecule has 7 heteroatoms. The van der Waals surface area contributed by atoms with Gasteiger partial charge in [0.2, 0.25) is 5.91 Å². The summed E-state index contributed by atoms with van der Waals surface area (Å²) in [5.41, 5.74) is 6.15. The van der Waals surface area contributed by atoms with Gasteiger partial charge in [0.1, 0.15) is 5.82 Å². The van der Waals surface area contributed by atoms with Gasteiger partial charge in [0.25, 0.3) is 0 Å². The van der Waals surface area contributed by atoms with Gasteiger partial charge in [0, 0.05) is 13.0 Å². The summed E-state index contributed by atoms with van der Waals surface area (Å²) in [6.07, 6.45) is -0.109. The zero-order chi connectivity index (χ0) is 14.4. The number of halogens is 2. The van der Waals surface area contributed by atoms with Crippen LogP contribution in [-0.4, -0.2) is 23.0 Å². The van der Waals surface area contributed by atoms with Gasteiger partial charge in [0.15, 0.2) is 0 Å². The molecule has 0 saturated carbocycles. The van der Waals surface area contributed by atoms with Gasteiger partial charge < -0.3 is 16.2 Å². The monoisotopic (exact) mass is 288 g/mol. The van der Waals surface area contributed by atoms with Crippen LogP contribution in [0.4, 0.5) is 4.39 Å². The molecule has 0 aromatic heterocycles. The molecule has 1 aromatic rings. The average Bonchev–Trinajstić information content (AvgIpc) is 2.36. The fraction of sp³-hybridized carbons (Fsp3) is 0.333. The number of hydrogen-bond donors (Lipinski definition) is 3. The summed E-state index contributed by atoms with van der Waals surface area (Å²) in [6, 6.07) is 3.21. The molecule has 1 unspecified atom stereocenters. The molecule has 4 N–H and O–H groups in total. The highest BCUT2D eigenvalue weighted by atomic mass is 35.5. The van der Waals surface area contributed by atoms with E-state index < -0.39 is 23.7 Å². The van der Waals surface area contributed by atoms with E-state index in [9.17, 15) is 14.0 Å². The normalized spacial score (nSPS) is 11.9. The van der Waals surface area contributed by atoms with E-state index in [0.717, 1.165) is 0 Å². The van der Waals surface area contributed by atoms with Crippen LogP contribution in [0.15, 0.2) is 18.2 Å². The van der Waals surface area contributed by atoms with Gasteiger partial charge >= 0.3 is 5.97 Å². The summed E-state index contributed by atoms with van der Waals surface area (Å²) < 4.78 is 12.9. The van der Waals surface area contributed by atoms with Gasteiger partial charge in [-0.05, 0) is 24.1 Å². The predicted molar refractivity (Wildman–Crippen MR) is 68.1 cm³/mol. The van der Waals surface area contributed by atoms with Gasteiger partial charge in [0.05, 0.1) is 11.1 Å². The number of carbonyl (C=O) groups is 2. The van der Waals surface area contributed by atoms with Crippen LogP contribution in [-0.2, 0) is 16.1 Å². The molecule has 104 valence electrons. The van der Waals surface area contributed by atoms with Crippen LogP contribution in [0.25, 0.3) is 0 Å². The van der Waals surface area contributed by atoms with Gasteiger partial charge in [-0.15, -0.1) is 0 Å². The van der Waals surface area contributed by atoms with Gasteiger partial charge in [-0.1, -0.05) is 17.7 Å².